The molecule has 0 fully saturated rings. The van der Waals surface area contributed by atoms with Crippen molar-refractivity contribution in [1.29, 1.82) is 0 Å². The van der Waals surface area contributed by atoms with E-state index in [2.05, 4.69) is 10.0 Å². The minimum Gasteiger partial charge on any atom is -0.350 e. The molecule has 2 rings (SSSR count). The highest BCUT2D eigenvalue weighted by atomic mass is 35.5. The maximum Gasteiger partial charge on any atom is 0.252 e. The zero-order valence-electron chi connectivity index (χ0n) is 17.4. The minimum atomic E-state index is -3.72. The Labute approximate surface area is 178 Å². The molecule has 0 radical (unpaired) electrons. The highest BCUT2D eigenvalue weighted by Crippen LogP contribution is 2.22. The van der Waals surface area contributed by atoms with Gasteiger partial charge in [0, 0.05) is 12.6 Å². The van der Waals surface area contributed by atoms with Crippen LogP contribution in [0.15, 0.2) is 47.4 Å². The molecule has 0 spiro atoms. The number of likely N-dealkylation sites (N-methyl/N-ethyl adjacent to an activating group) is 1. The van der Waals surface area contributed by atoms with Crippen molar-refractivity contribution >= 4 is 27.5 Å². The van der Waals surface area contributed by atoms with Crippen LogP contribution >= 0.6 is 11.6 Å². The van der Waals surface area contributed by atoms with Crippen molar-refractivity contribution in [2.45, 2.75) is 37.8 Å². The highest BCUT2D eigenvalue weighted by molar-refractivity contribution is 7.89. The van der Waals surface area contributed by atoms with Crippen molar-refractivity contribution in [1.82, 2.24) is 14.9 Å². The molecule has 2 aromatic carbocycles. The van der Waals surface area contributed by atoms with Crippen LogP contribution in [-0.4, -0.2) is 45.9 Å². The Kier molecular flexibility index (Phi) is 7.82. The number of hydrogen-bond donors (Lipinski definition) is 2. The van der Waals surface area contributed by atoms with E-state index >= 15 is 0 Å². The van der Waals surface area contributed by atoms with Crippen LogP contribution in [0.1, 0.15) is 41.4 Å². The van der Waals surface area contributed by atoms with Crippen molar-refractivity contribution in [2.75, 3.05) is 20.6 Å². The van der Waals surface area contributed by atoms with Gasteiger partial charge in [-0.3, -0.25) is 4.79 Å². The molecule has 1 atom stereocenters. The first kappa shape index (κ1) is 23.3. The normalized spacial score (nSPS) is 13.0. The molecular formula is C21H28ClN3O3S. The number of halogens is 1. The quantitative estimate of drug-likeness (QED) is 0.663. The van der Waals surface area contributed by atoms with E-state index in [4.69, 9.17) is 11.6 Å². The van der Waals surface area contributed by atoms with Gasteiger partial charge in [-0.05, 0) is 58.6 Å². The van der Waals surface area contributed by atoms with E-state index in [0.717, 1.165) is 11.1 Å². The molecule has 0 heterocycles. The number of sulfonamides is 1. The van der Waals surface area contributed by atoms with E-state index in [1.807, 2.05) is 50.2 Å². The summed E-state index contributed by atoms with van der Waals surface area (Å²) in [6, 6.07) is 11.9. The fourth-order valence-electron chi connectivity index (χ4n) is 2.90. The lowest BCUT2D eigenvalue weighted by molar-refractivity contribution is 0.0942. The lowest BCUT2D eigenvalue weighted by Crippen LogP contribution is -2.35. The molecule has 2 aromatic rings. The maximum absolute atomic E-state index is 12.8. The Morgan fingerprint density at radius 2 is 1.72 bits per heavy atom. The van der Waals surface area contributed by atoms with Gasteiger partial charge in [0.2, 0.25) is 10.0 Å². The fourth-order valence-corrected chi connectivity index (χ4v) is 4.38. The number of benzene rings is 2. The molecule has 8 heteroatoms. The smallest absolute Gasteiger partial charge is 0.252 e. The number of carbonyl (C=O) groups is 1. The average Bonchev–Trinajstić information content (AvgIpc) is 2.62. The number of nitrogens with zero attached hydrogens (tertiary/aromatic N) is 1. The summed E-state index contributed by atoms with van der Waals surface area (Å²) in [5, 5.41) is 3.07. The summed E-state index contributed by atoms with van der Waals surface area (Å²) >= 11 is 6.17. The van der Waals surface area contributed by atoms with Gasteiger partial charge in [-0.25, -0.2) is 13.1 Å². The molecule has 0 bridgehead atoms. The van der Waals surface area contributed by atoms with Crippen LogP contribution in [0.4, 0.5) is 0 Å². The predicted molar refractivity (Wildman–Crippen MR) is 117 cm³/mol. The van der Waals surface area contributed by atoms with Gasteiger partial charge in [0.25, 0.3) is 5.91 Å². The van der Waals surface area contributed by atoms with Gasteiger partial charge in [0.15, 0.2) is 0 Å². The second kappa shape index (κ2) is 9.71. The van der Waals surface area contributed by atoms with Crippen molar-refractivity contribution in [3.8, 4) is 0 Å². The van der Waals surface area contributed by atoms with Crippen LogP contribution in [0.3, 0.4) is 0 Å². The Morgan fingerprint density at radius 1 is 1.10 bits per heavy atom. The first-order valence-electron chi connectivity index (χ1n) is 9.34. The third-order valence-corrected chi connectivity index (χ3v) is 6.41. The predicted octanol–water partition coefficient (Wildman–Crippen LogP) is 3.37. The van der Waals surface area contributed by atoms with Crippen LogP contribution in [0.5, 0.6) is 0 Å². The Morgan fingerprint density at radius 3 is 2.28 bits per heavy atom. The standard InChI is InChI=1S/C21H28ClN3O3S/c1-14(2)24-29(27,28)17-10-11-19(22)18(12-17)21(26)23-13-20(25(4)5)16-8-6-15(3)7-9-16/h6-12,14,20,24H,13H2,1-5H3,(H,23,26). The molecule has 1 unspecified atom stereocenters. The molecule has 158 valence electrons. The number of rotatable bonds is 8. The Hall–Kier alpha value is -1.93. The maximum atomic E-state index is 12.8. The fraction of sp³-hybridized carbons (Fsp3) is 0.381. The van der Waals surface area contributed by atoms with Crippen molar-refractivity contribution in [3.63, 3.8) is 0 Å². The van der Waals surface area contributed by atoms with E-state index in [-0.39, 0.29) is 27.6 Å². The largest absolute Gasteiger partial charge is 0.350 e. The number of carbonyl (C=O) groups excluding carboxylic acids is 1. The molecule has 0 saturated heterocycles. The van der Waals surface area contributed by atoms with Gasteiger partial charge in [-0.2, -0.15) is 0 Å². The third-order valence-electron chi connectivity index (χ3n) is 4.43. The van der Waals surface area contributed by atoms with Crippen molar-refractivity contribution < 1.29 is 13.2 Å². The molecule has 0 aliphatic heterocycles. The molecule has 2 N–H and O–H groups in total. The van der Waals surface area contributed by atoms with Crippen LogP contribution in [-0.2, 0) is 10.0 Å². The van der Waals surface area contributed by atoms with E-state index < -0.39 is 15.9 Å². The molecule has 0 aromatic heterocycles. The van der Waals surface area contributed by atoms with Gasteiger partial charge in [0.05, 0.1) is 21.5 Å². The SMILES string of the molecule is Cc1ccc(C(CNC(=O)c2cc(S(=O)(=O)NC(C)C)ccc2Cl)N(C)C)cc1. The van der Waals surface area contributed by atoms with Gasteiger partial charge < -0.3 is 10.2 Å². The van der Waals surface area contributed by atoms with Crippen molar-refractivity contribution in [3.05, 3.63) is 64.2 Å². The summed E-state index contributed by atoms with van der Waals surface area (Å²) in [7, 11) is 0.157. The summed E-state index contributed by atoms with van der Waals surface area (Å²) in [5.41, 5.74) is 2.36. The second-order valence-electron chi connectivity index (χ2n) is 7.52. The highest BCUT2D eigenvalue weighted by Gasteiger charge is 2.21. The molecule has 29 heavy (non-hydrogen) atoms. The van der Waals surface area contributed by atoms with Gasteiger partial charge in [0.1, 0.15) is 0 Å². The van der Waals surface area contributed by atoms with E-state index in [1.54, 1.807) is 13.8 Å². The summed E-state index contributed by atoms with van der Waals surface area (Å²) in [4.78, 5) is 14.8. The average molecular weight is 438 g/mol. The Balaban J connectivity index is 2.21. The summed E-state index contributed by atoms with van der Waals surface area (Å²) in [5.74, 6) is -0.421. The van der Waals surface area contributed by atoms with Crippen LogP contribution in [0.2, 0.25) is 5.02 Å². The zero-order valence-corrected chi connectivity index (χ0v) is 18.9. The lowest BCUT2D eigenvalue weighted by atomic mass is 10.0. The summed E-state index contributed by atoms with van der Waals surface area (Å²) in [6.45, 7) is 5.83. The zero-order chi connectivity index (χ0) is 21.8. The summed E-state index contributed by atoms with van der Waals surface area (Å²) in [6.07, 6.45) is 0. The number of aryl methyl sites for hydroxylation is 1. The number of nitrogens with one attached hydrogen (secondary N) is 2. The molecule has 0 saturated carbocycles. The molecule has 0 aliphatic rings. The third kappa shape index (κ3) is 6.27. The molecular weight excluding hydrogens is 410 g/mol. The number of amides is 1. The second-order valence-corrected chi connectivity index (χ2v) is 9.64. The van der Waals surface area contributed by atoms with Gasteiger partial charge in [-0.15, -0.1) is 0 Å². The van der Waals surface area contributed by atoms with Crippen LogP contribution in [0.25, 0.3) is 0 Å². The van der Waals surface area contributed by atoms with Crippen molar-refractivity contribution in [2.24, 2.45) is 0 Å². The van der Waals surface area contributed by atoms with Crippen LogP contribution in [0, 0.1) is 6.92 Å². The minimum absolute atomic E-state index is 0.00319. The Bertz CT molecular complexity index is 958. The number of hydrogen-bond acceptors (Lipinski definition) is 4. The lowest BCUT2D eigenvalue weighted by Gasteiger charge is -2.25. The van der Waals surface area contributed by atoms with Gasteiger partial charge in [-0.1, -0.05) is 41.4 Å². The van der Waals surface area contributed by atoms with E-state index in [1.165, 1.54) is 18.2 Å². The molecule has 6 nitrogen and oxygen atoms in total. The van der Waals surface area contributed by atoms with E-state index in [9.17, 15) is 13.2 Å². The van der Waals surface area contributed by atoms with E-state index in [0.29, 0.717) is 6.54 Å². The first-order chi connectivity index (χ1) is 13.5. The molecule has 1 amide bonds. The van der Waals surface area contributed by atoms with Crippen LogP contribution < -0.4 is 10.0 Å². The van der Waals surface area contributed by atoms with Gasteiger partial charge >= 0.3 is 0 Å². The monoisotopic (exact) mass is 437 g/mol. The molecule has 0 aliphatic carbocycles. The summed E-state index contributed by atoms with van der Waals surface area (Å²) < 4.78 is 27.3. The topological polar surface area (TPSA) is 78.5 Å². The first-order valence-corrected chi connectivity index (χ1v) is 11.2.